The summed E-state index contributed by atoms with van der Waals surface area (Å²) >= 11 is 0. The normalized spacial score (nSPS) is 19.2. The summed E-state index contributed by atoms with van der Waals surface area (Å²) in [4.78, 5) is 4.49. The summed E-state index contributed by atoms with van der Waals surface area (Å²) in [5, 5.41) is 0. The number of benzene rings is 1. The quantitative estimate of drug-likeness (QED) is 0.652. The molecular formula is C16H22N4O. The summed E-state index contributed by atoms with van der Waals surface area (Å²) in [5.41, 5.74) is 5.45. The largest absolute Gasteiger partial charge is 0.371 e. The van der Waals surface area contributed by atoms with Crippen molar-refractivity contribution in [2.75, 3.05) is 6.61 Å². The van der Waals surface area contributed by atoms with E-state index in [9.17, 15) is 0 Å². The number of nitrogens with one attached hydrogen (secondary N) is 1. The lowest BCUT2D eigenvalue weighted by molar-refractivity contribution is 0.0117. The second-order valence-electron chi connectivity index (χ2n) is 5.36. The molecule has 0 amide bonds. The third kappa shape index (κ3) is 2.72. The van der Waals surface area contributed by atoms with Crippen LogP contribution in [-0.2, 0) is 17.7 Å². The van der Waals surface area contributed by atoms with Crippen LogP contribution in [0.4, 0.5) is 0 Å². The van der Waals surface area contributed by atoms with E-state index >= 15 is 0 Å². The average Bonchev–Trinajstić information content (AvgIpc) is 2.97. The Morgan fingerprint density at radius 3 is 3.14 bits per heavy atom. The molecule has 21 heavy (non-hydrogen) atoms. The van der Waals surface area contributed by atoms with Crippen molar-refractivity contribution >= 4 is 0 Å². The molecule has 1 aliphatic heterocycles. The highest BCUT2D eigenvalue weighted by atomic mass is 16.5. The maximum Gasteiger partial charge on any atom is 0.130 e. The van der Waals surface area contributed by atoms with Gasteiger partial charge in [-0.3, -0.25) is 5.84 Å². The van der Waals surface area contributed by atoms with E-state index in [0.717, 1.165) is 25.2 Å². The number of fused-ring (bicyclic) bond motifs is 1. The van der Waals surface area contributed by atoms with Gasteiger partial charge in [-0.15, -0.1) is 0 Å². The molecule has 2 aromatic rings. The van der Waals surface area contributed by atoms with Gasteiger partial charge in [0.15, 0.2) is 0 Å². The van der Waals surface area contributed by atoms with Gasteiger partial charge in [0.25, 0.3) is 0 Å². The molecule has 2 unspecified atom stereocenters. The van der Waals surface area contributed by atoms with Gasteiger partial charge >= 0.3 is 0 Å². The van der Waals surface area contributed by atoms with Crippen molar-refractivity contribution in [3.63, 3.8) is 0 Å². The van der Waals surface area contributed by atoms with E-state index in [1.807, 2.05) is 18.5 Å². The average molecular weight is 286 g/mol. The molecule has 0 spiro atoms. The minimum absolute atomic E-state index is 0.0991. The van der Waals surface area contributed by atoms with E-state index in [1.54, 1.807) is 0 Å². The van der Waals surface area contributed by atoms with Crippen molar-refractivity contribution < 1.29 is 4.74 Å². The van der Waals surface area contributed by atoms with Crippen molar-refractivity contribution in [1.82, 2.24) is 15.0 Å². The number of hydrazine groups is 1. The number of hydrogen-bond acceptors (Lipinski definition) is 4. The summed E-state index contributed by atoms with van der Waals surface area (Å²) in [5.74, 6) is 6.77. The van der Waals surface area contributed by atoms with E-state index in [-0.39, 0.29) is 12.1 Å². The Bertz CT molecular complexity index is 595. The Labute approximate surface area is 125 Å². The van der Waals surface area contributed by atoms with Gasteiger partial charge in [-0.2, -0.15) is 0 Å². The molecule has 0 aliphatic carbocycles. The molecule has 1 aromatic carbocycles. The highest BCUT2D eigenvalue weighted by Crippen LogP contribution is 2.36. The molecule has 2 heterocycles. The number of aryl methyl sites for hydroxylation is 1. The third-order valence-electron chi connectivity index (χ3n) is 4.00. The van der Waals surface area contributed by atoms with E-state index in [0.29, 0.717) is 6.61 Å². The van der Waals surface area contributed by atoms with E-state index in [1.165, 1.54) is 11.1 Å². The Morgan fingerprint density at radius 1 is 1.48 bits per heavy atom. The van der Waals surface area contributed by atoms with Crippen LogP contribution in [-0.4, -0.2) is 16.2 Å². The summed E-state index contributed by atoms with van der Waals surface area (Å²) in [7, 11) is 0. The molecule has 0 radical (unpaired) electrons. The van der Waals surface area contributed by atoms with Crippen molar-refractivity contribution in [1.29, 1.82) is 0 Å². The smallest absolute Gasteiger partial charge is 0.130 e. The van der Waals surface area contributed by atoms with Crippen molar-refractivity contribution in [3.8, 4) is 0 Å². The lowest BCUT2D eigenvalue weighted by atomic mass is 9.93. The first-order valence-corrected chi connectivity index (χ1v) is 7.51. The number of ether oxygens (including phenoxy) is 1. The second-order valence-corrected chi connectivity index (χ2v) is 5.36. The van der Waals surface area contributed by atoms with E-state index < -0.39 is 0 Å². The minimum Gasteiger partial charge on any atom is -0.371 e. The standard InChI is InChI=1S/C16H22N4O/c1-2-9-20-10-8-18-16(20)14(19-17)15-13-6-4-3-5-12(13)7-11-21-15/h3-6,8,10,14-15,19H,2,7,9,11,17H2,1H3. The van der Waals surface area contributed by atoms with Gasteiger partial charge in [0, 0.05) is 18.9 Å². The Balaban J connectivity index is 1.96. The van der Waals surface area contributed by atoms with Crippen LogP contribution in [0.25, 0.3) is 0 Å². The van der Waals surface area contributed by atoms with E-state index in [2.05, 4.69) is 40.1 Å². The zero-order valence-electron chi connectivity index (χ0n) is 12.3. The summed E-state index contributed by atoms with van der Waals surface area (Å²) in [6.07, 6.45) is 5.73. The molecule has 3 N–H and O–H groups in total. The number of aromatic nitrogens is 2. The summed E-state index contributed by atoms with van der Waals surface area (Å²) in [6.45, 7) is 3.80. The fourth-order valence-corrected chi connectivity index (χ4v) is 3.03. The van der Waals surface area contributed by atoms with Gasteiger partial charge in [-0.05, 0) is 24.0 Å². The van der Waals surface area contributed by atoms with Gasteiger partial charge < -0.3 is 9.30 Å². The third-order valence-corrected chi connectivity index (χ3v) is 4.00. The molecule has 0 bridgehead atoms. The minimum atomic E-state index is -0.145. The molecule has 5 nitrogen and oxygen atoms in total. The highest BCUT2D eigenvalue weighted by Gasteiger charge is 2.31. The van der Waals surface area contributed by atoms with Crippen molar-refractivity contribution in [3.05, 3.63) is 53.6 Å². The molecule has 0 fully saturated rings. The summed E-state index contributed by atoms with van der Waals surface area (Å²) in [6, 6.07) is 8.26. The molecule has 2 atom stereocenters. The van der Waals surface area contributed by atoms with Crippen molar-refractivity contribution in [2.24, 2.45) is 5.84 Å². The zero-order valence-corrected chi connectivity index (χ0v) is 12.3. The predicted octanol–water partition coefficient (Wildman–Crippen LogP) is 2.11. The lowest BCUT2D eigenvalue weighted by Gasteiger charge is -2.32. The Hall–Kier alpha value is -1.69. The molecular weight excluding hydrogens is 264 g/mol. The maximum absolute atomic E-state index is 6.02. The second kappa shape index (κ2) is 6.39. The van der Waals surface area contributed by atoms with Gasteiger partial charge in [-0.25, -0.2) is 10.4 Å². The summed E-state index contributed by atoms with van der Waals surface area (Å²) < 4.78 is 8.16. The van der Waals surface area contributed by atoms with Crippen LogP contribution < -0.4 is 11.3 Å². The number of imidazole rings is 1. The van der Waals surface area contributed by atoms with Crippen molar-refractivity contribution in [2.45, 2.75) is 38.5 Å². The van der Waals surface area contributed by atoms with Crippen LogP contribution in [0.5, 0.6) is 0 Å². The molecule has 5 heteroatoms. The van der Waals surface area contributed by atoms with Gasteiger partial charge in [0.1, 0.15) is 18.0 Å². The first kappa shape index (κ1) is 14.3. The maximum atomic E-state index is 6.02. The van der Waals surface area contributed by atoms with Gasteiger partial charge in [0.05, 0.1) is 6.61 Å². The molecule has 1 aliphatic rings. The van der Waals surface area contributed by atoms with E-state index in [4.69, 9.17) is 10.6 Å². The number of rotatable bonds is 5. The fraction of sp³-hybridized carbons (Fsp3) is 0.438. The van der Waals surface area contributed by atoms with Gasteiger partial charge in [0.2, 0.25) is 0 Å². The van der Waals surface area contributed by atoms with Crippen LogP contribution >= 0.6 is 0 Å². The predicted molar refractivity (Wildman–Crippen MR) is 81.4 cm³/mol. The number of nitrogens with two attached hydrogens (primary N) is 1. The zero-order chi connectivity index (χ0) is 14.7. The van der Waals surface area contributed by atoms with Crippen LogP contribution in [0.15, 0.2) is 36.7 Å². The number of hydrogen-bond donors (Lipinski definition) is 2. The van der Waals surface area contributed by atoms with Gasteiger partial charge in [-0.1, -0.05) is 31.2 Å². The molecule has 1 aromatic heterocycles. The highest BCUT2D eigenvalue weighted by molar-refractivity contribution is 5.32. The van der Waals surface area contributed by atoms with Crippen LogP contribution in [0.1, 0.15) is 42.4 Å². The molecule has 3 rings (SSSR count). The fourth-order valence-electron chi connectivity index (χ4n) is 3.03. The molecule has 0 saturated heterocycles. The molecule has 112 valence electrons. The number of nitrogens with zero attached hydrogens (tertiary/aromatic N) is 2. The first-order chi connectivity index (χ1) is 10.3. The monoisotopic (exact) mass is 286 g/mol. The lowest BCUT2D eigenvalue weighted by Crippen LogP contribution is -2.37. The SMILES string of the molecule is CCCn1ccnc1C(NN)C1OCCc2ccccc21. The molecule has 0 saturated carbocycles. The Kier molecular flexibility index (Phi) is 4.34. The van der Waals surface area contributed by atoms with Crippen LogP contribution in [0.2, 0.25) is 0 Å². The van der Waals surface area contributed by atoms with Crippen LogP contribution in [0.3, 0.4) is 0 Å². The first-order valence-electron chi connectivity index (χ1n) is 7.51. The Morgan fingerprint density at radius 2 is 2.33 bits per heavy atom. The van der Waals surface area contributed by atoms with Crippen LogP contribution in [0, 0.1) is 0 Å². The topological polar surface area (TPSA) is 65.1 Å².